The minimum Gasteiger partial charge on any atom is -0.396 e. The number of benzene rings is 1. The van der Waals surface area contributed by atoms with Crippen LogP contribution in [0.1, 0.15) is 12.0 Å². The Morgan fingerprint density at radius 2 is 1.71 bits per heavy atom. The fourth-order valence-corrected chi connectivity index (χ4v) is 1.33. The van der Waals surface area contributed by atoms with Crippen LogP contribution in [0.2, 0.25) is 0 Å². The monoisotopic (exact) mass is 192 g/mol. The number of allylic oxidation sites excluding steroid dienone is 1. The molecule has 1 aromatic rings. The van der Waals surface area contributed by atoms with E-state index in [1.807, 2.05) is 30.3 Å². The Labute approximate surface area is 84.5 Å². The fraction of sp³-hybridized carbons (Fsp3) is 0.333. The summed E-state index contributed by atoms with van der Waals surface area (Å²) in [5.41, 5.74) is 2.03. The van der Waals surface area contributed by atoms with Crippen molar-refractivity contribution in [3.05, 3.63) is 42.5 Å². The number of aliphatic hydroxyl groups is 2. The maximum atomic E-state index is 8.92. The molecule has 0 aliphatic rings. The van der Waals surface area contributed by atoms with Crippen molar-refractivity contribution in [2.45, 2.75) is 6.42 Å². The zero-order chi connectivity index (χ0) is 10.4. The zero-order valence-corrected chi connectivity index (χ0v) is 8.19. The molecule has 0 bridgehead atoms. The van der Waals surface area contributed by atoms with E-state index in [0.717, 1.165) is 11.1 Å². The molecule has 14 heavy (non-hydrogen) atoms. The van der Waals surface area contributed by atoms with Gasteiger partial charge in [-0.2, -0.15) is 0 Å². The Morgan fingerprint density at radius 3 is 2.21 bits per heavy atom. The van der Waals surface area contributed by atoms with Crippen molar-refractivity contribution in [2.75, 3.05) is 13.2 Å². The number of rotatable bonds is 5. The second-order valence-corrected chi connectivity index (χ2v) is 3.40. The van der Waals surface area contributed by atoms with Gasteiger partial charge in [-0.3, -0.25) is 0 Å². The Balaban J connectivity index is 2.59. The van der Waals surface area contributed by atoms with Crippen LogP contribution < -0.4 is 0 Å². The quantitative estimate of drug-likeness (QED) is 0.745. The lowest BCUT2D eigenvalue weighted by Gasteiger charge is -2.12. The summed E-state index contributed by atoms with van der Waals surface area (Å²) in [6, 6.07) is 9.81. The standard InChI is InChI=1S/C12H16O2/c1-10(7-11(8-13)9-14)12-5-3-2-4-6-12/h2-6,11,13-14H,1,7-9H2. The Morgan fingerprint density at radius 1 is 1.14 bits per heavy atom. The van der Waals surface area contributed by atoms with Gasteiger partial charge >= 0.3 is 0 Å². The Hall–Kier alpha value is -1.12. The van der Waals surface area contributed by atoms with Gasteiger partial charge < -0.3 is 10.2 Å². The van der Waals surface area contributed by atoms with E-state index in [4.69, 9.17) is 10.2 Å². The largest absolute Gasteiger partial charge is 0.396 e. The van der Waals surface area contributed by atoms with Crippen LogP contribution in [0.5, 0.6) is 0 Å². The molecule has 0 saturated heterocycles. The lowest BCUT2D eigenvalue weighted by molar-refractivity contribution is 0.153. The molecule has 0 heterocycles. The number of aliphatic hydroxyl groups excluding tert-OH is 2. The van der Waals surface area contributed by atoms with Crippen LogP contribution in [-0.4, -0.2) is 23.4 Å². The molecule has 0 amide bonds. The average molecular weight is 192 g/mol. The van der Waals surface area contributed by atoms with Gasteiger partial charge in [-0.1, -0.05) is 36.9 Å². The van der Waals surface area contributed by atoms with Gasteiger partial charge in [-0.25, -0.2) is 0 Å². The maximum Gasteiger partial charge on any atom is 0.0484 e. The topological polar surface area (TPSA) is 40.5 Å². The van der Waals surface area contributed by atoms with Crippen LogP contribution in [0.25, 0.3) is 5.57 Å². The van der Waals surface area contributed by atoms with Crippen LogP contribution in [0.3, 0.4) is 0 Å². The number of hydrogen-bond donors (Lipinski definition) is 2. The molecule has 0 atom stereocenters. The van der Waals surface area contributed by atoms with Crippen molar-refractivity contribution in [1.82, 2.24) is 0 Å². The highest BCUT2D eigenvalue weighted by Gasteiger charge is 2.08. The summed E-state index contributed by atoms with van der Waals surface area (Å²) in [5, 5.41) is 17.8. The molecule has 0 fully saturated rings. The second kappa shape index (κ2) is 5.58. The first-order chi connectivity index (χ1) is 6.77. The molecule has 0 radical (unpaired) electrons. The summed E-state index contributed by atoms with van der Waals surface area (Å²) in [4.78, 5) is 0. The van der Waals surface area contributed by atoms with Gasteiger partial charge in [0.15, 0.2) is 0 Å². The zero-order valence-electron chi connectivity index (χ0n) is 8.19. The van der Waals surface area contributed by atoms with Gasteiger partial charge in [0.1, 0.15) is 0 Å². The highest BCUT2D eigenvalue weighted by molar-refractivity contribution is 5.63. The summed E-state index contributed by atoms with van der Waals surface area (Å²) in [7, 11) is 0. The van der Waals surface area contributed by atoms with Crippen molar-refractivity contribution in [2.24, 2.45) is 5.92 Å². The van der Waals surface area contributed by atoms with Gasteiger partial charge in [-0.15, -0.1) is 0 Å². The predicted octanol–water partition coefficient (Wildman–Crippen LogP) is 1.69. The first kappa shape index (κ1) is 11.0. The third kappa shape index (κ3) is 2.98. The molecule has 2 N–H and O–H groups in total. The third-order valence-electron chi connectivity index (χ3n) is 2.23. The van der Waals surface area contributed by atoms with E-state index in [0.29, 0.717) is 6.42 Å². The highest BCUT2D eigenvalue weighted by atomic mass is 16.3. The van der Waals surface area contributed by atoms with Crippen LogP contribution in [0, 0.1) is 5.92 Å². The normalized spacial score (nSPS) is 10.5. The van der Waals surface area contributed by atoms with Crippen molar-refractivity contribution in [1.29, 1.82) is 0 Å². The van der Waals surface area contributed by atoms with E-state index >= 15 is 0 Å². The van der Waals surface area contributed by atoms with Gasteiger partial charge in [-0.05, 0) is 17.6 Å². The molecular formula is C12H16O2. The van der Waals surface area contributed by atoms with Crippen molar-refractivity contribution < 1.29 is 10.2 Å². The molecular weight excluding hydrogens is 176 g/mol. The van der Waals surface area contributed by atoms with Crippen molar-refractivity contribution in [3.8, 4) is 0 Å². The van der Waals surface area contributed by atoms with Gasteiger partial charge in [0, 0.05) is 19.1 Å². The molecule has 2 heteroatoms. The molecule has 1 aromatic carbocycles. The molecule has 0 spiro atoms. The van der Waals surface area contributed by atoms with Crippen molar-refractivity contribution >= 4 is 5.57 Å². The summed E-state index contributed by atoms with van der Waals surface area (Å²) in [5.74, 6) is -0.0947. The first-order valence-electron chi connectivity index (χ1n) is 4.72. The second-order valence-electron chi connectivity index (χ2n) is 3.40. The summed E-state index contributed by atoms with van der Waals surface area (Å²) in [6.45, 7) is 3.94. The van der Waals surface area contributed by atoms with Crippen LogP contribution in [0.15, 0.2) is 36.9 Å². The van der Waals surface area contributed by atoms with Crippen molar-refractivity contribution in [3.63, 3.8) is 0 Å². The highest BCUT2D eigenvalue weighted by Crippen LogP contribution is 2.19. The minimum absolute atomic E-state index is 0.00233. The Kier molecular flexibility index (Phi) is 4.36. The lowest BCUT2D eigenvalue weighted by atomic mass is 9.96. The summed E-state index contributed by atoms with van der Waals surface area (Å²) in [6.07, 6.45) is 0.636. The van der Waals surface area contributed by atoms with Gasteiger partial charge in [0.25, 0.3) is 0 Å². The fourth-order valence-electron chi connectivity index (χ4n) is 1.33. The minimum atomic E-state index is -0.0947. The molecule has 0 saturated carbocycles. The summed E-state index contributed by atoms with van der Waals surface area (Å²) < 4.78 is 0. The van der Waals surface area contributed by atoms with E-state index in [1.165, 1.54) is 0 Å². The van der Waals surface area contributed by atoms with E-state index in [1.54, 1.807) is 0 Å². The van der Waals surface area contributed by atoms with Gasteiger partial charge in [0.2, 0.25) is 0 Å². The van der Waals surface area contributed by atoms with Gasteiger partial charge in [0.05, 0.1) is 0 Å². The van der Waals surface area contributed by atoms with Crippen LogP contribution in [-0.2, 0) is 0 Å². The molecule has 76 valence electrons. The molecule has 0 aliphatic carbocycles. The molecule has 1 rings (SSSR count). The van der Waals surface area contributed by atoms with Crippen LogP contribution >= 0.6 is 0 Å². The smallest absolute Gasteiger partial charge is 0.0484 e. The SMILES string of the molecule is C=C(CC(CO)CO)c1ccccc1. The molecule has 0 aromatic heterocycles. The molecule has 0 aliphatic heterocycles. The van der Waals surface area contributed by atoms with E-state index in [2.05, 4.69) is 6.58 Å². The van der Waals surface area contributed by atoms with E-state index < -0.39 is 0 Å². The summed E-state index contributed by atoms with van der Waals surface area (Å²) >= 11 is 0. The van der Waals surface area contributed by atoms with E-state index in [9.17, 15) is 0 Å². The number of hydrogen-bond acceptors (Lipinski definition) is 2. The third-order valence-corrected chi connectivity index (χ3v) is 2.23. The van der Waals surface area contributed by atoms with E-state index in [-0.39, 0.29) is 19.1 Å². The molecule has 2 nitrogen and oxygen atoms in total. The van der Waals surface area contributed by atoms with Crippen LogP contribution in [0.4, 0.5) is 0 Å². The predicted molar refractivity (Wildman–Crippen MR) is 57.8 cm³/mol. The molecule has 0 unspecified atom stereocenters. The lowest BCUT2D eigenvalue weighted by Crippen LogP contribution is -2.11. The maximum absolute atomic E-state index is 8.92. The first-order valence-corrected chi connectivity index (χ1v) is 4.72. The average Bonchev–Trinajstić information content (AvgIpc) is 2.26. The Bertz CT molecular complexity index is 276.